The van der Waals surface area contributed by atoms with Crippen molar-refractivity contribution in [3.8, 4) is 11.5 Å². The van der Waals surface area contributed by atoms with Crippen molar-refractivity contribution < 1.29 is 28.4 Å². The summed E-state index contributed by atoms with van der Waals surface area (Å²) in [4.78, 5) is 11.0. The molecule has 0 bridgehead atoms. The Hall–Kier alpha value is -3.24. The summed E-state index contributed by atoms with van der Waals surface area (Å²) < 4.78 is 34.2. The highest BCUT2D eigenvalue weighted by atomic mass is 16.6. The van der Waals surface area contributed by atoms with Crippen LogP contribution in [-0.4, -0.2) is 76.0 Å². The van der Waals surface area contributed by atoms with Gasteiger partial charge in [0, 0.05) is 18.5 Å². The molecule has 4 rings (SSSR count). The average molecular weight is 482 g/mol. The molecule has 0 aliphatic carbocycles. The highest BCUT2D eigenvalue weighted by Crippen LogP contribution is 2.37. The lowest BCUT2D eigenvalue weighted by molar-refractivity contribution is -0.00841. The molecule has 9 nitrogen and oxygen atoms in total. The van der Waals surface area contributed by atoms with Gasteiger partial charge in [-0.1, -0.05) is 12.1 Å². The van der Waals surface area contributed by atoms with Gasteiger partial charge in [-0.05, 0) is 36.4 Å². The Morgan fingerprint density at radius 3 is 1.49 bits per heavy atom. The third-order valence-corrected chi connectivity index (χ3v) is 5.03. The van der Waals surface area contributed by atoms with Crippen molar-refractivity contribution in [3.63, 3.8) is 0 Å². The molecule has 3 heterocycles. The predicted molar refractivity (Wildman–Crippen MR) is 131 cm³/mol. The number of ether oxygens (including phenoxy) is 6. The van der Waals surface area contributed by atoms with Crippen LogP contribution in [0.1, 0.15) is 0 Å². The Kier molecular flexibility index (Phi) is 10.1. The molecule has 0 N–H and O–H groups in total. The summed E-state index contributed by atoms with van der Waals surface area (Å²) in [6.07, 6.45) is 3.51. The van der Waals surface area contributed by atoms with E-state index in [9.17, 15) is 0 Å². The molecule has 35 heavy (non-hydrogen) atoms. The van der Waals surface area contributed by atoms with Gasteiger partial charge in [0.1, 0.15) is 24.8 Å². The summed E-state index contributed by atoms with van der Waals surface area (Å²) in [6.45, 7) is 4.70. The van der Waals surface area contributed by atoms with Crippen LogP contribution in [0.3, 0.4) is 0 Å². The van der Waals surface area contributed by atoms with Crippen molar-refractivity contribution in [2.45, 2.75) is 0 Å². The number of benzene rings is 1. The number of fused-ring (bicyclic) bond motifs is 1. The van der Waals surface area contributed by atoms with E-state index in [2.05, 4.69) is 9.97 Å². The fourth-order valence-electron chi connectivity index (χ4n) is 3.40. The minimum atomic E-state index is 0.368. The molecule has 1 aromatic carbocycles. The summed E-state index contributed by atoms with van der Waals surface area (Å²) in [5, 5.41) is 0. The number of rotatable bonds is 3. The van der Waals surface area contributed by atoms with Crippen LogP contribution in [0.4, 0.5) is 17.3 Å². The van der Waals surface area contributed by atoms with E-state index in [1.54, 1.807) is 12.4 Å². The number of nitrogens with zero attached hydrogens (tertiary/aromatic N) is 3. The lowest BCUT2D eigenvalue weighted by atomic mass is 10.2. The van der Waals surface area contributed by atoms with E-state index in [-0.39, 0.29) is 0 Å². The van der Waals surface area contributed by atoms with Gasteiger partial charge in [-0.3, -0.25) is 4.90 Å². The van der Waals surface area contributed by atoms with Crippen molar-refractivity contribution in [3.05, 3.63) is 67.0 Å². The van der Waals surface area contributed by atoms with Gasteiger partial charge in [0.25, 0.3) is 0 Å². The largest absolute Gasteiger partial charge is 0.487 e. The zero-order valence-electron chi connectivity index (χ0n) is 19.7. The summed E-state index contributed by atoms with van der Waals surface area (Å²) in [7, 11) is 0. The second-order valence-electron chi connectivity index (χ2n) is 7.49. The summed E-state index contributed by atoms with van der Waals surface area (Å²) in [5.74, 6) is 2.71. The van der Waals surface area contributed by atoms with Crippen LogP contribution in [0.5, 0.6) is 11.5 Å². The van der Waals surface area contributed by atoms with Crippen LogP contribution >= 0.6 is 0 Å². The second-order valence-corrected chi connectivity index (χ2v) is 7.49. The van der Waals surface area contributed by atoms with Crippen LogP contribution in [0.25, 0.3) is 0 Å². The fraction of sp³-hybridized carbons (Fsp3) is 0.385. The molecule has 0 fully saturated rings. The average Bonchev–Trinajstić information content (AvgIpc) is 2.90. The third kappa shape index (κ3) is 7.90. The van der Waals surface area contributed by atoms with Crippen LogP contribution in [0, 0.1) is 0 Å². The zero-order chi connectivity index (χ0) is 24.0. The van der Waals surface area contributed by atoms with E-state index >= 15 is 0 Å². The smallest absolute Gasteiger partial charge is 0.163 e. The van der Waals surface area contributed by atoms with Gasteiger partial charge in [0.05, 0.1) is 58.5 Å². The Morgan fingerprint density at radius 2 is 1.00 bits per heavy atom. The quantitative estimate of drug-likeness (QED) is 0.555. The van der Waals surface area contributed by atoms with E-state index in [4.69, 9.17) is 28.4 Å². The van der Waals surface area contributed by atoms with Gasteiger partial charge >= 0.3 is 0 Å². The molecule has 2 aromatic heterocycles. The van der Waals surface area contributed by atoms with Crippen molar-refractivity contribution in [2.75, 3.05) is 71.0 Å². The van der Waals surface area contributed by atoms with Crippen LogP contribution < -0.4 is 14.4 Å². The van der Waals surface area contributed by atoms with E-state index in [0.717, 1.165) is 17.3 Å². The number of pyridine rings is 2. The normalized spacial score (nSPS) is 16.6. The highest BCUT2D eigenvalue weighted by Gasteiger charge is 2.17. The maximum atomic E-state index is 6.08. The molecule has 3 aromatic rings. The van der Waals surface area contributed by atoms with Crippen molar-refractivity contribution in [1.29, 1.82) is 0 Å². The summed E-state index contributed by atoms with van der Waals surface area (Å²) >= 11 is 0. The zero-order valence-corrected chi connectivity index (χ0v) is 19.7. The Balaban J connectivity index is 1.54. The maximum absolute atomic E-state index is 6.08. The van der Waals surface area contributed by atoms with Crippen LogP contribution in [0.15, 0.2) is 67.0 Å². The lowest BCUT2D eigenvalue weighted by Gasteiger charge is -2.24. The van der Waals surface area contributed by atoms with Gasteiger partial charge in [0.15, 0.2) is 11.5 Å². The molecule has 1 aliphatic heterocycles. The third-order valence-electron chi connectivity index (χ3n) is 5.03. The molecule has 0 unspecified atom stereocenters. The van der Waals surface area contributed by atoms with E-state index in [1.807, 2.05) is 59.5 Å². The van der Waals surface area contributed by atoms with Gasteiger partial charge in [-0.25, -0.2) is 9.97 Å². The molecule has 0 saturated heterocycles. The number of hydrogen-bond acceptors (Lipinski definition) is 9. The molecule has 0 spiro atoms. The lowest BCUT2D eigenvalue weighted by Crippen LogP contribution is -2.16. The number of hydrogen-bond donors (Lipinski definition) is 0. The maximum Gasteiger partial charge on any atom is 0.163 e. The standard InChI is InChI=1S/C26H31N3O6/c1-3-9-27-25(5-1)29(26-6-2-4-10-28-26)22-7-8-23-24(21-22)35-20-18-33-16-14-31-12-11-30-13-15-32-17-19-34-23/h1-10,21H,11-20H2. The first-order valence-corrected chi connectivity index (χ1v) is 11.7. The van der Waals surface area contributed by atoms with Gasteiger partial charge in [0.2, 0.25) is 0 Å². The highest BCUT2D eigenvalue weighted by molar-refractivity contribution is 5.73. The molecule has 186 valence electrons. The number of anilines is 3. The van der Waals surface area contributed by atoms with E-state index in [1.165, 1.54) is 0 Å². The van der Waals surface area contributed by atoms with Gasteiger partial charge in [-0.2, -0.15) is 0 Å². The second kappa shape index (κ2) is 14.2. The molecule has 1 aliphatic rings. The Morgan fingerprint density at radius 1 is 0.514 bits per heavy atom. The molecular formula is C26H31N3O6. The minimum Gasteiger partial charge on any atom is -0.487 e. The van der Waals surface area contributed by atoms with E-state index < -0.39 is 0 Å². The Bertz CT molecular complexity index is 953. The fourth-order valence-corrected chi connectivity index (χ4v) is 3.40. The van der Waals surface area contributed by atoms with Gasteiger partial charge in [-0.15, -0.1) is 0 Å². The first-order valence-electron chi connectivity index (χ1n) is 11.7. The van der Waals surface area contributed by atoms with E-state index in [0.29, 0.717) is 77.6 Å². The SMILES string of the molecule is c1ccc(N(c2ccc3c(c2)OCCOCCOCCOCCOCCO3)c2ccccn2)nc1. The summed E-state index contributed by atoms with van der Waals surface area (Å²) in [5.41, 5.74) is 0.842. The Labute approximate surface area is 205 Å². The molecule has 0 saturated carbocycles. The topological polar surface area (TPSA) is 84.4 Å². The first-order chi connectivity index (χ1) is 17.4. The van der Waals surface area contributed by atoms with Gasteiger partial charge < -0.3 is 28.4 Å². The monoisotopic (exact) mass is 481 g/mol. The number of aromatic nitrogens is 2. The summed E-state index contributed by atoms with van der Waals surface area (Å²) in [6, 6.07) is 17.3. The van der Waals surface area contributed by atoms with Crippen LogP contribution in [0.2, 0.25) is 0 Å². The molecular weight excluding hydrogens is 450 g/mol. The van der Waals surface area contributed by atoms with Crippen LogP contribution in [-0.2, 0) is 18.9 Å². The molecule has 9 heteroatoms. The molecule has 0 amide bonds. The van der Waals surface area contributed by atoms with Crippen molar-refractivity contribution in [2.24, 2.45) is 0 Å². The predicted octanol–water partition coefficient (Wildman–Crippen LogP) is 3.78. The van der Waals surface area contributed by atoms with Crippen molar-refractivity contribution in [1.82, 2.24) is 9.97 Å². The first kappa shape index (κ1) is 24.9. The minimum absolute atomic E-state index is 0.368. The van der Waals surface area contributed by atoms with Crippen molar-refractivity contribution >= 4 is 17.3 Å². The molecule has 0 atom stereocenters. The molecule has 0 radical (unpaired) electrons.